The van der Waals surface area contributed by atoms with Gasteiger partial charge in [-0.25, -0.2) is 0 Å². The summed E-state index contributed by atoms with van der Waals surface area (Å²) in [4.78, 5) is 24.6. The van der Waals surface area contributed by atoms with Crippen LogP contribution in [0.3, 0.4) is 0 Å². The number of nitrogens with one attached hydrogen (secondary N) is 1. The van der Waals surface area contributed by atoms with Gasteiger partial charge in [-0.3, -0.25) is 9.59 Å². The maximum absolute atomic E-state index is 12.3. The standard InChI is InChI=1S/C24H27N3O3/c1-17-11-12-21(16-18(17)2)27-23(28)14-13-22(26-27)30-19(3)24(29)25-15-7-10-20-8-5-4-6-9-20/h4-6,8-9,11-14,16,19H,7,10,15H2,1-3H3,(H,25,29). The third-order valence-corrected chi connectivity index (χ3v) is 4.96. The summed E-state index contributed by atoms with van der Waals surface area (Å²) < 4.78 is 6.96. The van der Waals surface area contributed by atoms with E-state index < -0.39 is 6.10 Å². The second-order valence-corrected chi connectivity index (χ2v) is 7.33. The number of benzene rings is 2. The molecule has 0 aliphatic heterocycles. The van der Waals surface area contributed by atoms with Gasteiger partial charge in [-0.15, -0.1) is 5.10 Å². The lowest BCUT2D eigenvalue weighted by atomic mass is 10.1. The first kappa shape index (κ1) is 21.3. The van der Waals surface area contributed by atoms with Gasteiger partial charge in [0.05, 0.1) is 5.69 Å². The van der Waals surface area contributed by atoms with E-state index in [1.165, 1.54) is 22.4 Å². The number of amides is 1. The lowest BCUT2D eigenvalue weighted by molar-refractivity contribution is -0.127. The number of hydrogen-bond donors (Lipinski definition) is 1. The third kappa shape index (κ3) is 5.56. The Balaban J connectivity index is 1.58. The van der Waals surface area contributed by atoms with Crippen molar-refractivity contribution in [1.82, 2.24) is 15.1 Å². The van der Waals surface area contributed by atoms with Gasteiger partial charge in [0, 0.05) is 18.7 Å². The first-order valence-electron chi connectivity index (χ1n) is 10.1. The van der Waals surface area contributed by atoms with E-state index in [2.05, 4.69) is 22.5 Å². The van der Waals surface area contributed by atoms with E-state index in [4.69, 9.17) is 4.74 Å². The molecule has 0 bridgehead atoms. The molecule has 1 atom stereocenters. The van der Waals surface area contributed by atoms with Crippen LogP contribution < -0.4 is 15.6 Å². The third-order valence-electron chi connectivity index (χ3n) is 4.96. The number of nitrogens with zero attached hydrogens (tertiary/aromatic N) is 2. The van der Waals surface area contributed by atoms with Gasteiger partial charge in [-0.05, 0) is 62.4 Å². The molecule has 30 heavy (non-hydrogen) atoms. The van der Waals surface area contributed by atoms with Gasteiger partial charge in [0.15, 0.2) is 6.10 Å². The van der Waals surface area contributed by atoms with Gasteiger partial charge in [0.25, 0.3) is 11.5 Å². The summed E-state index contributed by atoms with van der Waals surface area (Å²) in [6, 6.07) is 18.7. The van der Waals surface area contributed by atoms with Crippen LogP contribution in [-0.4, -0.2) is 28.3 Å². The topological polar surface area (TPSA) is 73.2 Å². The van der Waals surface area contributed by atoms with E-state index in [1.807, 2.05) is 50.2 Å². The second kappa shape index (κ2) is 9.87. The highest BCUT2D eigenvalue weighted by molar-refractivity contribution is 5.80. The van der Waals surface area contributed by atoms with E-state index >= 15 is 0 Å². The van der Waals surface area contributed by atoms with Crippen molar-refractivity contribution in [2.75, 3.05) is 6.54 Å². The Bertz CT molecular complexity index is 1060. The maximum atomic E-state index is 12.3. The SMILES string of the molecule is Cc1ccc(-n2nc(OC(C)C(=O)NCCCc3ccccc3)ccc2=O)cc1C. The Labute approximate surface area is 176 Å². The molecule has 156 valence electrons. The van der Waals surface area contributed by atoms with Crippen molar-refractivity contribution in [3.63, 3.8) is 0 Å². The van der Waals surface area contributed by atoms with Crippen molar-refractivity contribution in [2.45, 2.75) is 39.7 Å². The summed E-state index contributed by atoms with van der Waals surface area (Å²) in [6.45, 7) is 6.22. The number of carbonyl (C=O) groups excluding carboxylic acids is 1. The summed E-state index contributed by atoms with van der Waals surface area (Å²) in [7, 11) is 0. The number of aromatic nitrogens is 2. The summed E-state index contributed by atoms with van der Waals surface area (Å²) in [6.07, 6.45) is 1.02. The molecule has 3 aromatic rings. The smallest absolute Gasteiger partial charge is 0.271 e. The van der Waals surface area contributed by atoms with E-state index in [9.17, 15) is 9.59 Å². The average Bonchev–Trinajstić information content (AvgIpc) is 2.75. The monoisotopic (exact) mass is 405 g/mol. The minimum atomic E-state index is -0.722. The number of ether oxygens (including phenoxy) is 1. The maximum Gasteiger partial charge on any atom is 0.271 e. The van der Waals surface area contributed by atoms with Crippen molar-refractivity contribution in [2.24, 2.45) is 0 Å². The van der Waals surface area contributed by atoms with Crippen LogP contribution in [0.4, 0.5) is 0 Å². The second-order valence-electron chi connectivity index (χ2n) is 7.33. The fourth-order valence-corrected chi connectivity index (χ4v) is 3.03. The highest BCUT2D eigenvalue weighted by Gasteiger charge is 2.15. The molecule has 0 aliphatic carbocycles. The Morgan fingerprint density at radius 2 is 1.83 bits per heavy atom. The van der Waals surface area contributed by atoms with Gasteiger partial charge in [-0.2, -0.15) is 4.68 Å². The molecule has 1 unspecified atom stereocenters. The van der Waals surface area contributed by atoms with Crippen molar-refractivity contribution >= 4 is 5.91 Å². The lowest BCUT2D eigenvalue weighted by Crippen LogP contribution is -2.37. The minimum Gasteiger partial charge on any atom is -0.464 e. The number of hydrogen-bond acceptors (Lipinski definition) is 4. The largest absolute Gasteiger partial charge is 0.464 e. The van der Waals surface area contributed by atoms with Crippen LogP contribution in [0.15, 0.2) is 65.5 Å². The molecule has 1 aromatic heterocycles. The molecule has 6 heteroatoms. The molecule has 1 N–H and O–H groups in total. The zero-order valence-electron chi connectivity index (χ0n) is 17.6. The molecular weight excluding hydrogens is 378 g/mol. The zero-order chi connectivity index (χ0) is 21.5. The molecule has 3 rings (SSSR count). The predicted octanol–water partition coefficient (Wildman–Crippen LogP) is 3.37. The Morgan fingerprint density at radius 3 is 2.57 bits per heavy atom. The number of carbonyl (C=O) groups is 1. The first-order valence-corrected chi connectivity index (χ1v) is 10.1. The molecule has 1 heterocycles. The van der Waals surface area contributed by atoms with Crippen LogP contribution in [0.5, 0.6) is 5.88 Å². The molecule has 0 spiro atoms. The molecule has 1 amide bonds. The van der Waals surface area contributed by atoms with Gasteiger partial charge in [-0.1, -0.05) is 36.4 Å². The summed E-state index contributed by atoms with van der Waals surface area (Å²) in [5, 5.41) is 7.16. The van der Waals surface area contributed by atoms with Crippen molar-refractivity contribution < 1.29 is 9.53 Å². The van der Waals surface area contributed by atoms with Gasteiger partial charge in [0.1, 0.15) is 0 Å². The molecule has 0 fully saturated rings. The number of rotatable bonds is 8. The summed E-state index contributed by atoms with van der Waals surface area (Å²) >= 11 is 0. The Morgan fingerprint density at radius 1 is 1.07 bits per heavy atom. The molecule has 0 saturated carbocycles. The van der Waals surface area contributed by atoms with E-state index in [-0.39, 0.29) is 17.3 Å². The highest BCUT2D eigenvalue weighted by Crippen LogP contribution is 2.14. The van der Waals surface area contributed by atoms with Crippen LogP contribution in [-0.2, 0) is 11.2 Å². The molecule has 0 aliphatic rings. The first-order chi connectivity index (χ1) is 14.4. The van der Waals surface area contributed by atoms with Crippen LogP contribution in [0.2, 0.25) is 0 Å². The zero-order valence-corrected chi connectivity index (χ0v) is 17.6. The fraction of sp³-hybridized carbons (Fsp3) is 0.292. The quantitative estimate of drug-likeness (QED) is 0.583. The van der Waals surface area contributed by atoms with E-state index in [0.717, 1.165) is 24.0 Å². The van der Waals surface area contributed by atoms with Crippen molar-refractivity contribution in [3.05, 3.63) is 87.7 Å². The van der Waals surface area contributed by atoms with Crippen molar-refractivity contribution in [3.8, 4) is 11.6 Å². The summed E-state index contributed by atoms with van der Waals surface area (Å²) in [5.74, 6) is 0.00792. The van der Waals surface area contributed by atoms with Gasteiger partial charge >= 0.3 is 0 Å². The molecule has 2 aromatic carbocycles. The average molecular weight is 405 g/mol. The molecule has 0 saturated heterocycles. The normalized spacial score (nSPS) is 11.7. The minimum absolute atomic E-state index is 0.214. The Hall–Kier alpha value is -3.41. The molecular formula is C24H27N3O3. The van der Waals surface area contributed by atoms with Crippen LogP contribution in [0, 0.1) is 13.8 Å². The Kier molecular flexibility index (Phi) is 7.01. The molecule has 6 nitrogen and oxygen atoms in total. The van der Waals surface area contributed by atoms with Crippen molar-refractivity contribution in [1.29, 1.82) is 0 Å². The number of aryl methyl sites for hydroxylation is 3. The predicted molar refractivity (Wildman–Crippen MR) is 117 cm³/mol. The summed E-state index contributed by atoms with van der Waals surface area (Å²) in [5.41, 5.74) is 3.84. The molecule has 0 radical (unpaired) electrons. The van der Waals surface area contributed by atoms with Gasteiger partial charge < -0.3 is 10.1 Å². The van der Waals surface area contributed by atoms with Crippen LogP contribution >= 0.6 is 0 Å². The van der Waals surface area contributed by atoms with E-state index in [0.29, 0.717) is 12.2 Å². The highest BCUT2D eigenvalue weighted by atomic mass is 16.5. The fourth-order valence-electron chi connectivity index (χ4n) is 3.03. The van der Waals surface area contributed by atoms with Gasteiger partial charge in [0.2, 0.25) is 5.88 Å². The lowest BCUT2D eigenvalue weighted by Gasteiger charge is -2.15. The van der Waals surface area contributed by atoms with E-state index in [1.54, 1.807) is 6.92 Å². The van der Waals surface area contributed by atoms with Crippen LogP contribution in [0.25, 0.3) is 5.69 Å². The van der Waals surface area contributed by atoms with Crippen LogP contribution in [0.1, 0.15) is 30.0 Å².